The van der Waals surface area contributed by atoms with E-state index in [2.05, 4.69) is 45.0 Å². The van der Waals surface area contributed by atoms with Crippen molar-refractivity contribution >= 4 is 33.6 Å². The van der Waals surface area contributed by atoms with Crippen LogP contribution in [0.1, 0.15) is 68.8 Å². The number of piperazine rings is 1. The number of aromatic nitrogens is 3. The Balaban J connectivity index is 0.940. The molecule has 0 aliphatic carbocycles. The van der Waals surface area contributed by atoms with Gasteiger partial charge in [-0.15, -0.1) is 0 Å². The largest absolute Gasteiger partial charge is 0.508 e. The smallest absolute Gasteiger partial charge is 0.265 e. The average Bonchev–Trinajstić information content (AvgIpc) is 3.95. The Hall–Kier alpha value is -7.32. The predicted molar refractivity (Wildman–Crippen MR) is 289 cm³/mol. The second-order valence-electron chi connectivity index (χ2n) is 21.2. The number of pyridine rings is 1. The van der Waals surface area contributed by atoms with Crippen molar-refractivity contribution in [1.82, 2.24) is 38.2 Å². The number of benzene rings is 4. The summed E-state index contributed by atoms with van der Waals surface area (Å²) in [7, 11) is 3.67. The fourth-order valence-corrected chi connectivity index (χ4v) is 12.2. The molecule has 394 valence electrons. The Morgan fingerprint density at radius 2 is 1.55 bits per heavy atom. The summed E-state index contributed by atoms with van der Waals surface area (Å²) in [5.74, 6) is -0.474. The predicted octanol–water partition coefficient (Wildman–Crippen LogP) is 7.66. The fraction of sp³-hybridized carbons (Fsp3) is 0.400. The molecule has 3 aromatic heterocycles. The number of halogens is 2. The number of amides is 2. The third kappa shape index (κ3) is 9.76. The molecule has 4 aromatic carbocycles. The van der Waals surface area contributed by atoms with Gasteiger partial charge in [0, 0.05) is 120 Å². The summed E-state index contributed by atoms with van der Waals surface area (Å²) in [6, 6.07) is 27.6. The number of aryl methyl sites for hydroxylation is 1. The number of hydrogen-bond donors (Lipinski definition) is 1. The van der Waals surface area contributed by atoms with E-state index < -0.39 is 5.82 Å². The number of rotatable bonds is 13. The van der Waals surface area contributed by atoms with E-state index in [9.17, 15) is 19.6 Å². The number of carbonyl (C=O) groups is 2. The van der Waals surface area contributed by atoms with Gasteiger partial charge < -0.3 is 33.7 Å². The number of alkyl halides is 1. The van der Waals surface area contributed by atoms with E-state index in [-0.39, 0.29) is 54.4 Å². The molecule has 16 heteroatoms. The molecule has 4 aliphatic heterocycles. The first kappa shape index (κ1) is 50.8. The minimum atomic E-state index is -0.515. The lowest BCUT2D eigenvalue weighted by Crippen LogP contribution is -2.51. The van der Waals surface area contributed by atoms with Crippen LogP contribution in [0.3, 0.4) is 0 Å². The van der Waals surface area contributed by atoms with E-state index in [0.717, 1.165) is 81.0 Å². The molecule has 2 amide bonds. The van der Waals surface area contributed by atoms with Crippen LogP contribution in [0, 0.1) is 24.1 Å². The molecule has 7 aromatic rings. The molecule has 0 saturated carbocycles. The van der Waals surface area contributed by atoms with Crippen molar-refractivity contribution in [1.29, 1.82) is 5.26 Å². The Labute approximate surface area is 441 Å². The van der Waals surface area contributed by atoms with E-state index in [0.29, 0.717) is 101 Å². The van der Waals surface area contributed by atoms with Gasteiger partial charge in [-0.2, -0.15) is 5.26 Å². The molecular formula is C60H65F2N9O5. The summed E-state index contributed by atoms with van der Waals surface area (Å²) in [4.78, 5) is 55.7. The molecule has 14 nitrogen and oxygen atoms in total. The van der Waals surface area contributed by atoms with Crippen molar-refractivity contribution in [3.63, 3.8) is 0 Å². The number of phenolic OH excluding ortho intramolecular Hbond substituents is 1. The van der Waals surface area contributed by atoms with Crippen LogP contribution in [0.15, 0.2) is 89.7 Å². The summed E-state index contributed by atoms with van der Waals surface area (Å²) in [6.07, 6.45) is 4.49. The molecule has 0 radical (unpaired) electrons. The Morgan fingerprint density at radius 1 is 0.789 bits per heavy atom. The number of hydrogen-bond acceptors (Lipinski definition) is 9. The van der Waals surface area contributed by atoms with Crippen molar-refractivity contribution in [3.05, 3.63) is 146 Å². The molecule has 0 unspecified atom stereocenters. The zero-order valence-corrected chi connectivity index (χ0v) is 43.7. The van der Waals surface area contributed by atoms with Gasteiger partial charge in [0.25, 0.3) is 11.5 Å². The quantitative estimate of drug-likeness (QED) is 0.124. The molecule has 2 saturated heterocycles. The number of phenols is 1. The third-order valence-corrected chi connectivity index (χ3v) is 16.7. The van der Waals surface area contributed by atoms with E-state index >= 15 is 14.0 Å². The lowest BCUT2D eigenvalue weighted by atomic mass is 9.89. The molecule has 4 aliphatic rings. The minimum Gasteiger partial charge on any atom is -0.508 e. The highest BCUT2D eigenvalue weighted by Crippen LogP contribution is 2.39. The maximum atomic E-state index is 15.9. The van der Waals surface area contributed by atoms with E-state index in [1.54, 1.807) is 57.5 Å². The highest BCUT2D eigenvalue weighted by molar-refractivity contribution is 6.09. The van der Waals surface area contributed by atoms with Crippen LogP contribution in [0.5, 0.6) is 11.5 Å². The van der Waals surface area contributed by atoms with Crippen LogP contribution < -0.4 is 10.3 Å². The number of ether oxygens (including phenoxy) is 1. The Morgan fingerprint density at radius 3 is 2.29 bits per heavy atom. The van der Waals surface area contributed by atoms with Gasteiger partial charge in [-0.3, -0.25) is 28.8 Å². The van der Waals surface area contributed by atoms with Crippen molar-refractivity contribution in [2.75, 3.05) is 78.7 Å². The monoisotopic (exact) mass is 1030 g/mol. The van der Waals surface area contributed by atoms with E-state index in [1.165, 1.54) is 18.1 Å². The van der Waals surface area contributed by atoms with Crippen LogP contribution in [-0.2, 0) is 51.2 Å². The van der Waals surface area contributed by atoms with Gasteiger partial charge in [-0.05, 0) is 122 Å². The summed E-state index contributed by atoms with van der Waals surface area (Å²) >= 11 is 0. The number of fused-ring (bicyclic) bond motifs is 5. The van der Waals surface area contributed by atoms with Crippen molar-refractivity contribution in [3.8, 4) is 34.5 Å². The average molecular weight is 1030 g/mol. The molecule has 1 N–H and O–H groups in total. The molecule has 11 rings (SSSR count). The maximum Gasteiger partial charge on any atom is 0.265 e. The second-order valence-corrected chi connectivity index (χ2v) is 21.2. The van der Waals surface area contributed by atoms with Crippen LogP contribution in [-0.4, -0.2) is 140 Å². The SMILES string of the molecule is Cc1c(-n2c(=O)c3cc(-c4cc5c(cc4C(=O)N4Cc6ccccc6C[C@H]4CN4CCCCC4)CN(C(=O)Cc4ccc(OCCN6CCN(CCF)CC6)cc4F)CC5)n(C)c3c3cc(O)ccc32)cc(C#N)n1C. The molecule has 1 atom stereocenters. The standard InChI is InChI=1S/C60H65F2N9O5/c1-39-55(31-45(35-63)64(39)2)71-54-14-12-47(72)32-51(54)58-52(60(71)75)34-56(65(58)3)49-28-41-15-19-69(57(73)30-42-11-13-48(33-53(42)62)76-26-25-67-23-21-66(20-16-61)22-24-67)36-44(41)29-50(49)59(74)70-37-43-10-6-5-9-40(43)27-46(70)38-68-17-7-4-8-18-68/h5-6,9-14,28-29,31-34,46,72H,4,7-8,15-27,30,36-38H2,1-3H3/t46-/m0/s1. The summed E-state index contributed by atoms with van der Waals surface area (Å²) < 4.78 is 39.7. The topological polar surface area (TPSA) is 135 Å². The summed E-state index contributed by atoms with van der Waals surface area (Å²) in [6.45, 7) is 10.0. The van der Waals surface area contributed by atoms with Gasteiger partial charge in [0.15, 0.2) is 0 Å². The molecule has 0 spiro atoms. The van der Waals surface area contributed by atoms with Gasteiger partial charge in [0.2, 0.25) is 5.91 Å². The second kappa shape index (κ2) is 21.4. The van der Waals surface area contributed by atoms with Gasteiger partial charge >= 0.3 is 0 Å². The fourth-order valence-electron chi connectivity index (χ4n) is 12.2. The highest BCUT2D eigenvalue weighted by Gasteiger charge is 2.35. The summed E-state index contributed by atoms with van der Waals surface area (Å²) in [5.41, 5.74) is 8.65. The van der Waals surface area contributed by atoms with Crippen molar-refractivity contribution in [2.45, 2.75) is 64.6 Å². The minimum absolute atomic E-state index is 0.0244. The molecule has 7 heterocycles. The first-order valence-electron chi connectivity index (χ1n) is 26.8. The van der Waals surface area contributed by atoms with E-state index in [4.69, 9.17) is 4.74 Å². The lowest BCUT2D eigenvalue weighted by Gasteiger charge is -2.41. The molecule has 76 heavy (non-hydrogen) atoms. The maximum absolute atomic E-state index is 15.9. The number of carbonyl (C=O) groups excluding carboxylic acids is 2. The first-order valence-corrected chi connectivity index (χ1v) is 26.8. The first-order chi connectivity index (χ1) is 36.9. The highest BCUT2D eigenvalue weighted by atomic mass is 19.1. The van der Waals surface area contributed by atoms with Gasteiger partial charge in [-0.25, -0.2) is 8.78 Å². The van der Waals surface area contributed by atoms with Crippen molar-refractivity contribution in [2.24, 2.45) is 14.1 Å². The zero-order chi connectivity index (χ0) is 52.8. The van der Waals surface area contributed by atoms with Gasteiger partial charge in [0.1, 0.15) is 42.4 Å². The van der Waals surface area contributed by atoms with Gasteiger partial charge in [-0.1, -0.05) is 36.8 Å². The summed E-state index contributed by atoms with van der Waals surface area (Å²) in [5, 5.41) is 21.9. The van der Waals surface area contributed by atoms with E-state index in [1.807, 2.05) is 41.6 Å². The number of aromatic hydroxyl groups is 1. The number of likely N-dealkylation sites (tertiary alicyclic amines) is 1. The van der Waals surface area contributed by atoms with Crippen LogP contribution in [0.2, 0.25) is 0 Å². The molecule has 0 bridgehead atoms. The number of nitrogens with zero attached hydrogens (tertiary/aromatic N) is 9. The van der Waals surface area contributed by atoms with Gasteiger partial charge in [0.05, 0.1) is 28.5 Å². The normalized spacial score (nSPS) is 17.5. The Bertz CT molecular complexity index is 3490. The molecular weight excluding hydrogens is 965 g/mol. The zero-order valence-electron chi connectivity index (χ0n) is 43.7. The molecule has 2 fully saturated rings. The van der Waals surface area contributed by atoms with Crippen LogP contribution >= 0.6 is 0 Å². The third-order valence-electron chi connectivity index (χ3n) is 16.7. The number of piperidine rings is 1. The van der Waals surface area contributed by atoms with Crippen LogP contribution in [0.25, 0.3) is 38.8 Å². The number of nitriles is 1. The Kier molecular flexibility index (Phi) is 14.3. The van der Waals surface area contributed by atoms with Crippen LogP contribution in [0.4, 0.5) is 8.78 Å². The van der Waals surface area contributed by atoms with Crippen molar-refractivity contribution < 1.29 is 28.2 Å². The lowest BCUT2D eigenvalue weighted by molar-refractivity contribution is -0.131.